The lowest BCUT2D eigenvalue weighted by atomic mass is 10.1. The molecule has 0 radical (unpaired) electrons. The predicted octanol–water partition coefficient (Wildman–Crippen LogP) is 4.08. The van der Waals surface area contributed by atoms with Crippen LogP contribution in [0, 0.1) is 0 Å². The largest absolute Gasteiger partial charge is 0.338 e. The standard InChI is InChI=1S/C26H28N2O3S/c1-2-19-27-32(30,31)25-15-13-24(14-16-25)26(29)28(20-17-22-9-5-3-6-10-22)21-18-23-11-7-4-8-12-23/h2-16,27H,1,17-21H2. The van der Waals surface area contributed by atoms with E-state index in [2.05, 4.69) is 35.6 Å². The fourth-order valence-electron chi connectivity index (χ4n) is 3.34. The van der Waals surface area contributed by atoms with Gasteiger partial charge in [0, 0.05) is 25.2 Å². The van der Waals surface area contributed by atoms with Crippen LogP contribution in [0.3, 0.4) is 0 Å². The van der Waals surface area contributed by atoms with Gasteiger partial charge in [-0.05, 0) is 48.2 Å². The Balaban J connectivity index is 1.74. The molecule has 1 amide bonds. The third-order valence-corrected chi connectivity index (χ3v) is 6.58. The fourth-order valence-corrected chi connectivity index (χ4v) is 4.34. The first-order chi connectivity index (χ1) is 15.5. The van der Waals surface area contributed by atoms with Gasteiger partial charge in [-0.15, -0.1) is 6.58 Å². The highest BCUT2D eigenvalue weighted by Gasteiger charge is 2.18. The number of amides is 1. The second-order valence-electron chi connectivity index (χ2n) is 7.43. The van der Waals surface area contributed by atoms with Crippen molar-refractivity contribution in [1.82, 2.24) is 9.62 Å². The molecule has 0 saturated heterocycles. The summed E-state index contributed by atoms with van der Waals surface area (Å²) in [5.41, 5.74) is 2.80. The minimum absolute atomic E-state index is 0.111. The van der Waals surface area contributed by atoms with Crippen molar-refractivity contribution >= 4 is 15.9 Å². The first-order valence-corrected chi connectivity index (χ1v) is 12.1. The van der Waals surface area contributed by atoms with E-state index in [1.54, 1.807) is 12.1 Å². The molecule has 3 aromatic carbocycles. The van der Waals surface area contributed by atoms with Gasteiger partial charge < -0.3 is 4.90 Å². The third-order valence-electron chi connectivity index (χ3n) is 5.14. The van der Waals surface area contributed by atoms with E-state index in [-0.39, 0.29) is 17.3 Å². The van der Waals surface area contributed by atoms with Gasteiger partial charge in [0.25, 0.3) is 5.91 Å². The topological polar surface area (TPSA) is 66.5 Å². The lowest BCUT2D eigenvalue weighted by molar-refractivity contribution is 0.0759. The van der Waals surface area contributed by atoms with Crippen molar-refractivity contribution < 1.29 is 13.2 Å². The predicted molar refractivity (Wildman–Crippen MR) is 128 cm³/mol. The molecule has 0 unspecified atom stereocenters. The number of carbonyl (C=O) groups is 1. The van der Waals surface area contributed by atoms with Gasteiger partial charge in [-0.3, -0.25) is 4.79 Å². The molecule has 3 rings (SSSR count). The minimum Gasteiger partial charge on any atom is -0.338 e. The van der Waals surface area contributed by atoms with Crippen LogP contribution in [0.15, 0.2) is 102 Å². The van der Waals surface area contributed by atoms with Crippen LogP contribution >= 0.6 is 0 Å². The average Bonchev–Trinajstić information content (AvgIpc) is 2.84. The number of sulfonamides is 1. The van der Waals surface area contributed by atoms with Crippen LogP contribution in [-0.2, 0) is 22.9 Å². The zero-order valence-electron chi connectivity index (χ0n) is 18.0. The van der Waals surface area contributed by atoms with E-state index in [9.17, 15) is 13.2 Å². The molecule has 0 aromatic heterocycles. The van der Waals surface area contributed by atoms with Crippen LogP contribution in [0.25, 0.3) is 0 Å². The van der Waals surface area contributed by atoms with Gasteiger partial charge in [0.1, 0.15) is 0 Å². The molecule has 0 bridgehead atoms. The molecular weight excluding hydrogens is 420 g/mol. The van der Waals surface area contributed by atoms with E-state index in [1.807, 2.05) is 41.3 Å². The first-order valence-electron chi connectivity index (χ1n) is 10.6. The number of hydrogen-bond donors (Lipinski definition) is 1. The molecule has 32 heavy (non-hydrogen) atoms. The van der Waals surface area contributed by atoms with Gasteiger partial charge in [0.15, 0.2) is 0 Å². The van der Waals surface area contributed by atoms with Crippen LogP contribution < -0.4 is 4.72 Å². The maximum Gasteiger partial charge on any atom is 0.253 e. The Morgan fingerprint density at radius 2 is 1.31 bits per heavy atom. The normalized spacial score (nSPS) is 11.1. The van der Waals surface area contributed by atoms with Crippen LogP contribution in [0.1, 0.15) is 21.5 Å². The highest BCUT2D eigenvalue weighted by atomic mass is 32.2. The summed E-state index contributed by atoms with van der Waals surface area (Å²) in [6.45, 7) is 4.82. The Morgan fingerprint density at radius 1 is 0.812 bits per heavy atom. The Hall–Kier alpha value is -3.22. The van der Waals surface area contributed by atoms with Crippen molar-refractivity contribution in [2.45, 2.75) is 17.7 Å². The lowest BCUT2D eigenvalue weighted by Crippen LogP contribution is -2.34. The van der Waals surface area contributed by atoms with Crippen LogP contribution in [0.4, 0.5) is 0 Å². The summed E-state index contributed by atoms with van der Waals surface area (Å²) in [5.74, 6) is -0.111. The molecule has 0 fully saturated rings. The summed E-state index contributed by atoms with van der Waals surface area (Å²) in [7, 11) is -3.62. The highest BCUT2D eigenvalue weighted by Crippen LogP contribution is 2.14. The van der Waals surface area contributed by atoms with Gasteiger partial charge in [-0.25, -0.2) is 13.1 Å². The van der Waals surface area contributed by atoms with E-state index < -0.39 is 10.0 Å². The van der Waals surface area contributed by atoms with E-state index in [4.69, 9.17) is 0 Å². The molecule has 0 spiro atoms. The number of nitrogens with one attached hydrogen (secondary N) is 1. The summed E-state index contributed by atoms with van der Waals surface area (Å²) in [4.78, 5) is 15.2. The molecule has 6 heteroatoms. The second-order valence-corrected chi connectivity index (χ2v) is 9.20. The number of rotatable bonds is 11. The van der Waals surface area contributed by atoms with Crippen LogP contribution in [0.2, 0.25) is 0 Å². The Kier molecular flexibility index (Phi) is 8.36. The quantitative estimate of drug-likeness (QED) is 0.450. The van der Waals surface area contributed by atoms with Gasteiger partial charge in [0.05, 0.1) is 4.90 Å². The van der Waals surface area contributed by atoms with E-state index in [1.165, 1.54) is 29.3 Å². The third kappa shape index (κ3) is 6.64. The molecule has 3 aromatic rings. The highest BCUT2D eigenvalue weighted by molar-refractivity contribution is 7.89. The van der Waals surface area contributed by atoms with Gasteiger partial charge in [-0.1, -0.05) is 66.7 Å². The van der Waals surface area contributed by atoms with Gasteiger partial charge >= 0.3 is 0 Å². The Morgan fingerprint density at radius 3 is 1.78 bits per heavy atom. The summed E-state index contributed by atoms with van der Waals surface area (Å²) in [5, 5.41) is 0. The zero-order valence-corrected chi connectivity index (χ0v) is 18.8. The van der Waals surface area contributed by atoms with Crippen molar-refractivity contribution in [1.29, 1.82) is 0 Å². The molecular formula is C26H28N2O3S. The van der Waals surface area contributed by atoms with Gasteiger partial charge in [-0.2, -0.15) is 0 Å². The first kappa shape index (κ1) is 23.4. The number of benzene rings is 3. The molecule has 0 saturated carbocycles. The van der Waals surface area contributed by atoms with Gasteiger partial charge in [0.2, 0.25) is 10.0 Å². The minimum atomic E-state index is -3.62. The summed E-state index contributed by atoms with van der Waals surface area (Å²) >= 11 is 0. The van der Waals surface area contributed by atoms with Crippen molar-refractivity contribution in [2.75, 3.05) is 19.6 Å². The molecule has 0 atom stereocenters. The molecule has 5 nitrogen and oxygen atoms in total. The maximum atomic E-state index is 13.3. The summed E-state index contributed by atoms with van der Waals surface area (Å²) < 4.78 is 27.0. The molecule has 166 valence electrons. The van der Waals surface area contributed by atoms with Crippen LogP contribution in [0.5, 0.6) is 0 Å². The zero-order chi connectivity index (χ0) is 22.8. The molecule has 0 heterocycles. The van der Waals surface area contributed by atoms with E-state index in [0.717, 1.165) is 12.8 Å². The number of carbonyl (C=O) groups excluding carboxylic acids is 1. The molecule has 0 aliphatic rings. The monoisotopic (exact) mass is 448 g/mol. The van der Waals surface area contributed by atoms with Crippen molar-refractivity contribution in [3.05, 3.63) is 114 Å². The SMILES string of the molecule is C=CCNS(=O)(=O)c1ccc(C(=O)N(CCc2ccccc2)CCc2ccccc2)cc1. The molecule has 0 aliphatic heterocycles. The van der Waals surface area contributed by atoms with Crippen molar-refractivity contribution in [3.63, 3.8) is 0 Å². The summed E-state index contributed by atoms with van der Waals surface area (Å²) in [6.07, 6.45) is 2.98. The lowest BCUT2D eigenvalue weighted by Gasteiger charge is -2.23. The van der Waals surface area contributed by atoms with E-state index >= 15 is 0 Å². The van der Waals surface area contributed by atoms with Crippen molar-refractivity contribution in [3.8, 4) is 0 Å². The van der Waals surface area contributed by atoms with Crippen LogP contribution in [-0.4, -0.2) is 38.9 Å². The Labute approximate surface area is 190 Å². The number of hydrogen-bond acceptors (Lipinski definition) is 3. The maximum absolute atomic E-state index is 13.3. The van der Waals surface area contributed by atoms with Crippen molar-refractivity contribution in [2.24, 2.45) is 0 Å². The fraction of sp³-hybridized carbons (Fsp3) is 0.192. The van der Waals surface area contributed by atoms with E-state index in [0.29, 0.717) is 18.7 Å². The Bertz CT molecular complexity index is 1070. The smallest absolute Gasteiger partial charge is 0.253 e. The molecule has 0 aliphatic carbocycles. The average molecular weight is 449 g/mol. The molecule has 1 N–H and O–H groups in total. The summed E-state index contributed by atoms with van der Waals surface area (Å²) in [6, 6.07) is 26.2. The second kappa shape index (κ2) is 11.4. The number of nitrogens with zero attached hydrogens (tertiary/aromatic N) is 1.